The van der Waals surface area contributed by atoms with E-state index in [4.69, 9.17) is 0 Å². The van der Waals surface area contributed by atoms with E-state index in [1.54, 1.807) is 48.7 Å². The molecular formula is C16H16MnN2O3. The molecule has 1 radical (unpaired) electrons. The van der Waals surface area contributed by atoms with Gasteiger partial charge in [0, 0.05) is 35.4 Å². The van der Waals surface area contributed by atoms with Crippen LogP contribution in [0.25, 0.3) is 0 Å². The molecule has 0 aromatic heterocycles. The molecular weight excluding hydrogens is 323 g/mol. The quantitative estimate of drug-likeness (QED) is 0.442. The maximum atomic E-state index is 11.8. The molecule has 0 bridgehead atoms. The second kappa shape index (κ2) is 8.87. The Morgan fingerprint density at radius 2 is 1.68 bits per heavy atom. The fourth-order valence-electron chi connectivity index (χ4n) is 1.75. The maximum absolute atomic E-state index is 11.8. The molecule has 5 nitrogen and oxygen atoms in total. The number of benzene rings is 2. The number of carbonyl (C=O) groups excluding carboxylic acids is 1. The fourth-order valence-corrected chi connectivity index (χ4v) is 1.75. The molecule has 2 aromatic rings. The minimum absolute atomic E-state index is 0. The zero-order valence-electron chi connectivity index (χ0n) is 11.7. The van der Waals surface area contributed by atoms with Crippen LogP contribution in [0.1, 0.15) is 15.9 Å². The minimum Gasteiger partial charge on any atom is -0.507 e. The molecule has 22 heavy (non-hydrogen) atoms. The number of amides is 1. The van der Waals surface area contributed by atoms with Crippen LogP contribution in [0.2, 0.25) is 0 Å². The number of phenols is 2. The molecule has 0 saturated heterocycles. The third-order valence-corrected chi connectivity index (χ3v) is 2.84. The summed E-state index contributed by atoms with van der Waals surface area (Å²) in [7, 11) is 0. The van der Waals surface area contributed by atoms with Crippen molar-refractivity contribution in [1.82, 2.24) is 5.32 Å². The molecule has 3 N–H and O–H groups in total. The summed E-state index contributed by atoms with van der Waals surface area (Å²) < 4.78 is 0. The van der Waals surface area contributed by atoms with Gasteiger partial charge in [-0.2, -0.15) is 0 Å². The molecule has 1 amide bonds. The summed E-state index contributed by atoms with van der Waals surface area (Å²) in [5, 5.41) is 21.8. The summed E-state index contributed by atoms with van der Waals surface area (Å²) in [6, 6.07) is 13.2. The summed E-state index contributed by atoms with van der Waals surface area (Å²) in [6.07, 6.45) is 1.56. The van der Waals surface area contributed by atoms with Gasteiger partial charge in [0.15, 0.2) is 0 Å². The van der Waals surface area contributed by atoms with Gasteiger partial charge in [-0.25, -0.2) is 0 Å². The van der Waals surface area contributed by atoms with Crippen LogP contribution in [-0.2, 0) is 17.1 Å². The Morgan fingerprint density at radius 1 is 1.05 bits per heavy atom. The van der Waals surface area contributed by atoms with Gasteiger partial charge in [-0.05, 0) is 24.3 Å². The molecule has 0 aliphatic carbocycles. The van der Waals surface area contributed by atoms with Crippen LogP contribution >= 0.6 is 0 Å². The Bertz CT molecular complexity index is 659. The van der Waals surface area contributed by atoms with Gasteiger partial charge in [-0.1, -0.05) is 24.3 Å². The second-order valence-corrected chi connectivity index (χ2v) is 4.37. The van der Waals surface area contributed by atoms with E-state index in [9.17, 15) is 15.0 Å². The average molecular weight is 339 g/mol. The molecule has 0 fully saturated rings. The van der Waals surface area contributed by atoms with Gasteiger partial charge in [-0.15, -0.1) is 0 Å². The number of aromatic hydroxyl groups is 2. The van der Waals surface area contributed by atoms with Gasteiger partial charge in [-0.3, -0.25) is 9.79 Å². The summed E-state index contributed by atoms with van der Waals surface area (Å²) >= 11 is 0. The topological polar surface area (TPSA) is 81.9 Å². The van der Waals surface area contributed by atoms with E-state index in [2.05, 4.69) is 10.3 Å². The van der Waals surface area contributed by atoms with Gasteiger partial charge in [0.1, 0.15) is 11.5 Å². The van der Waals surface area contributed by atoms with Crippen molar-refractivity contribution in [2.24, 2.45) is 4.99 Å². The normalized spacial score (nSPS) is 10.2. The van der Waals surface area contributed by atoms with Crippen molar-refractivity contribution in [1.29, 1.82) is 0 Å². The fraction of sp³-hybridized carbons (Fsp3) is 0.125. The van der Waals surface area contributed by atoms with E-state index < -0.39 is 0 Å². The first-order chi connectivity index (χ1) is 10.2. The molecule has 115 valence electrons. The first-order valence-electron chi connectivity index (χ1n) is 6.52. The number of para-hydroxylation sites is 2. The Kier molecular flexibility index (Phi) is 7.16. The van der Waals surface area contributed by atoms with Crippen molar-refractivity contribution in [3.05, 3.63) is 59.7 Å². The van der Waals surface area contributed by atoms with Gasteiger partial charge in [0.25, 0.3) is 5.91 Å². The van der Waals surface area contributed by atoms with Crippen LogP contribution in [0.3, 0.4) is 0 Å². The first kappa shape index (κ1) is 17.8. The number of hydrogen-bond acceptors (Lipinski definition) is 4. The second-order valence-electron chi connectivity index (χ2n) is 4.37. The summed E-state index contributed by atoms with van der Waals surface area (Å²) in [5.41, 5.74) is 0.867. The number of rotatable bonds is 5. The summed E-state index contributed by atoms with van der Waals surface area (Å²) in [6.45, 7) is 0.727. The van der Waals surface area contributed by atoms with E-state index in [0.29, 0.717) is 18.7 Å². The largest absolute Gasteiger partial charge is 0.507 e. The number of nitrogens with one attached hydrogen (secondary N) is 1. The van der Waals surface area contributed by atoms with Crippen LogP contribution in [0.15, 0.2) is 53.5 Å². The van der Waals surface area contributed by atoms with Gasteiger partial charge >= 0.3 is 0 Å². The SMILES string of the molecule is O=C(NCCN=Cc1ccccc1O)c1ccccc1O.[Mn]. The molecule has 2 rings (SSSR count). The van der Waals surface area contributed by atoms with Crippen LogP contribution < -0.4 is 5.32 Å². The molecule has 0 atom stereocenters. The Labute approximate surface area is 139 Å². The Morgan fingerprint density at radius 3 is 2.36 bits per heavy atom. The monoisotopic (exact) mass is 339 g/mol. The van der Waals surface area contributed by atoms with Crippen molar-refractivity contribution in [2.45, 2.75) is 0 Å². The zero-order valence-corrected chi connectivity index (χ0v) is 12.9. The summed E-state index contributed by atoms with van der Waals surface area (Å²) in [4.78, 5) is 15.9. The molecule has 0 spiro atoms. The predicted molar refractivity (Wildman–Crippen MR) is 81.0 cm³/mol. The Balaban J connectivity index is 0.00000242. The van der Waals surface area contributed by atoms with E-state index in [-0.39, 0.29) is 40.0 Å². The summed E-state index contributed by atoms with van der Waals surface area (Å²) in [5.74, 6) is -0.224. The smallest absolute Gasteiger partial charge is 0.255 e. The standard InChI is InChI=1S/C16H16N2O3.Mn/c19-14-7-3-1-5-12(14)11-17-9-10-18-16(21)13-6-2-4-8-15(13)20;/h1-8,11,19-20H,9-10H2,(H,18,21);. The van der Waals surface area contributed by atoms with Crippen LogP contribution in [-0.4, -0.2) is 35.4 Å². The number of nitrogens with zero attached hydrogens (tertiary/aromatic N) is 1. The molecule has 6 heteroatoms. The number of carbonyl (C=O) groups is 1. The van der Waals surface area contributed by atoms with E-state index in [1.165, 1.54) is 6.07 Å². The molecule has 0 aliphatic heterocycles. The zero-order chi connectivity index (χ0) is 15.1. The van der Waals surface area contributed by atoms with Crippen LogP contribution in [0.4, 0.5) is 0 Å². The third-order valence-electron chi connectivity index (χ3n) is 2.84. The minimum atomic E-state index is -0.342. The molecule has 2 aromatic carbocycles. The number of phenolic OH excluding ortho intramolecular Hbond substituents is 2. The molecule has 0 aliphatic rings. The first-order valence-corrected chi connectivity index (χ1v) is 6.52. The van der Waals surface area contributed by atoms with Gasteiger partial charge in [0.05, 0.1) is 12.1 Å². The van der Waals surface area contributed by atoms with Gasteiger partial charge in [0.2, 0.25) is 0 Å². The Hall–Kier alpha value is -2.30. The third kappa shape index (κ3) is 4.91. The van der Waals surface area contributed by atoms with E-state index in [0.717, 1.165) is 0 Å². The van der Waals surface area contributed by atoms with Crippen molar-refractivity contribution >= 4 is 12.1 Å². The van der Waals surface area contributed by atoms with Crippen molar-refractivity contribution in [3.63, 3.8) is 0 Å². The molecule has 0 heterocycles. The number of aliphatic imine (C=N–C) groups is 1. The molecule has 0 saturated carbocycles. The van der Waals surface area contributed by atoms with E-state index in [1.807, 2.05) is 0 Å². The maximum Gasteiger partial charge on any atom is 0.255 e. The average Bonchev–Trinajstić information content (AvgIpc) is 2.49. The van der Waals surface area contributed by atoms with E-state index >= 15 is 0 Å². The predicted octanol–water partition coefficient (Wildman–Crippen LogP) is 1.94. The van der Waals surface area contributed by atoms with Crippen LogP contribution in [0, 0.1) is 0 Å². The van der Waals surface area contributed by atoms with Crippen molar-refractivity contribution in [3.8, 4) is 11.5 Å². The number of hydrogen-bond donors (Lipinski definition) is 3. The van der Waals surface area contributed by atoms with Crippen molar-refractivity contribution < 1.29 is 32.1 Å². The van der Waals surface area contributed by atoms with Gasteiger partial charge < -0.3 is 15.5 Å². The van der Waals surface area contributed by atoms with Crippen LogP contribution in [0.5, 0.6) is 11.5 Å². The molecule has 0 unspecified atom stereocenters. The van der Waals surface area contributed by atoms with Crippen molar-refractivity contribution in [2.75, 3.05) is 13.1 Å².